The maximum atomic E-state index is 5.64. The van der Waals surface area contributed by atoms with Crippen molar-refractivity contribution in [3.63, 3.8) is 0 Å². The fourth-order valence-electron chi connectivity index (χ4n) is 1.68. The molecule has 0 radical (unpaired) electrons. The monoisotopic (exact) mass is 163 g/mol. The number of para-hydroxylation sites is 1. The van der Waals surface area contributed by atoms with Crippen LogP contribution in [0.3, 0.4) is 0 Å². The number of hydrogen-bond donors (Lipinski definition) is 1. The van der Waals surface area contributed by atoms with Crippen LogP contribution in [0.4, 0.5) is 0 Å². The number of ether oxygens (including phenoxy) is 1. The second-order valence-corrected chi connectivity index (χ2v) is 3.22. The van der Waals surface area contributed by atoms with Crippen LogP contribution in [0.15, 0.2) is 24.3 Å². The van der Waals surface area contributed by atoms with Crippen molar-refractivity contribution in [3.8, 4) is 5.75 Å². The average molecular weight is 163 g/mol. The van der Waals surface area contributed by atoms with Gasteiger partial charge in [-0.1, -0.05) is 25.1 Å². The summed E-state index contributed by atoms with van der Waals surface area (Å²) in [5.74, 6) is 1.44. The SMILES string of the molecule is C[C@H]1c2ccccc2O[C@H]1CN. The zero-order valence-corrected chi connectivity index (χ0v) is 7.16. The van der Waals surface area contributed by atoms with E-state index in [4.69, 9.17) is 10.5 Å². The predicted octanol–water partition coefficient (Wildman–Crippen LogP) is 1.51. The van der Waals surface area contributed by atoms with Gasteiger partial charge < -0.3 is 10.5 Å². The van der Waals surface area contributed by atoms with E-state index in [9.17, 15) is 0 Å². The highest BCUT2D eigenvalue weighted by Crippen LogP contribution is 2.36. The molecule has 0 aromatic heterocycles. The number of fused-ring (bicyclic) bond motifs is 1. The molecule has 2 atom stereocenters. The first-order valence-electron chi connectivity index (χ1n) is 4.28. The second-order valence-electron chi connectivity index (χ2n) is 3.22. The van der Waals surface area contributed by atoms with Gasteiger partial charge in [-0.3, -0.25) is 0 Å². The van der Waals surface area contributed by atoms with E-state index < -0.39 is 0 Å². The molecular weight excluding hydrogens is 150 g/mol. The molecule has 64 valence electrons. The molecule has 12 heavy (non-hydrogen) atoms. The van der Waals surface area contributed by atoms with Crippen LogP contribution in [0.2, 0.25) is 0 Å². The molecule has 2 nitrogen and oxygen atoms in total. The molecule has 1 aromatic rings. The Labute approximate surface area is 72.3 Å². The first-order chi connectivity index (χ1) is 5.83. The molecule has 0 fully saturated rings. The Kier molecular flexibility index (Phi) is 1.77. The van der Waals surface area contributed by atoms with E-state index in [-0.39, 0.29) is 6.10 Å². The van der Waals surface area contributed by atoms with Crippen molar-refractivity contribution in [2.75, 3.05) is 6.54 Å². The minimum atomic E-state index is 0.169. The Hall–Kier alpha value is -1.02. The summed E-state index contributed by atoms with van der Waals surface area (Å²) in [6.45, 7) is 2.75. The number of nitrogens with two attached hydrogens (primary N) is 1. The van der Waals surface area contributed by atoms with Crippen molar-refractivity contribution in [2.45, 2.75) is 18.9 Å². The Morgan fingerprint density at radius 2 is 2.17 bits per heavy atom. The van der Waals surface area contributed by atoms with Gasteiger partial charge in [0.2, 0.25) is 0 Å². The molecule has 0 bridgehead atoms. The zero-order valence-electron chi connectivity index (χ0n) is 7.16. The molecule has 0 amide bonds. The molecule has 0 aliphatic carbocycles. The third-order valence-electron chi connectivity index (χ3n) is 2.48. The van der Waals surface area contributed by atoms with Crippen molar-refractivity contribution in [3.05, 3.63) is 29.8 Å². The van der Waals surface area contributed by atoms with Gasteiger partial charge >= 0.3 is 0 Å². The summed E-state index contributed by atoms with van der Waals surface area (Å²) in [6, 6.07) is 8.14. The molecule has 0 saturated carbocycles. The van der Waals surface area contributed by atoms with Crippen LogP contribution >= 0.6 is 0 Å². The van der Waals surface area contributed by atoms with Crippen LogP contribution in [-0.2, 0) is 0 Å². The number of benzene rings is 1. The molecule has 0 saturated heterocycles. The van der Waals surface area contributed by atoms with E-state index in [2.05, 4.69) is 13.0 Å². The lowest BCUT2D eigenvalue weighted by atomic mass is 9.98. The average Bonchev–Trinajstić information content (AvgIpc) is 2.44. The van der Waals surface area contributed by atoms with Crippen molar-refractivity contribution in [1.29, 1.82) is 0 Å². The van der Waals surface area contributed by atoms with Gasteiger partial charge in [0.1, 0.15) is 11.9 Å². The smallest absolute Gasteiger partial charge is 0.123 e. The third kappa shape index (κ3) is 0.994. The van der Waals surface area contributed by atoms with Gasteiger partial charge in [-0.2, -0.15) is 0 Å². The molecule has 2 N–H and O–H groups in total. The van der Waals surface area contributed by atoms with Gasteiger partial charge in [0.25, 0.3) is 0 Å². The zero-order chi connectivity index (χ0) is 8.55. The van der Waals surface area contributed by atoms with Crippen LogP contribution in [-0.4, -0.2) is 12.6 Å². The van der Waals surface area contributed by atoms with Gasteiger partial charge in [-0.05, 0) is 6.07 Å². The van der Waals surface area contributed by atoms with E-state index in [0.29, 0.717) is 12.5 Å². The van der Waals surface area contributed by atoms with Gasteiger partial charge in [0.05, 0.1) is 0 Å². The highest BCUT2D eigenvalue weighted by Gasteiger charge is 2.28. The third-order valence-corrected chi connectivity index (χ3v) is 2.48. The standard InChI is InChI=1S/C10H13NO/c1-7-8-4-2-3-5-9(8)12-10(7)6-11/h2-5,7,10H,6,11H2,1H3/t7-,10-/m0/s1. The van der Waals surface area contributed by atoms with Crippen molar-refractivity contribution < 1.29 is 4.74 Å². The molecule has 1 aliphatic heterocycles. The van der Waals surface area contributed by atoms with Crippen LogP contribution in [0.1, 0.15) is 18.4 Å². The van der Waals surface area contributed by atoms with E-state index in [1.54, 1.807) is 0 Å². The fraction of sp³-hybridized carbons (Fsp3) is 0.400. The summed E-state index contributed by atoms with van der Waals surface area (Å²) in [5.41, 5.74) is 6.86. The first-order valence-corrected chi connectivity index (χ1v) is 4.28. The summed E-state index contributed by atoms with van der Waals surface area (Å²) < 4.78 is 5.64. The van der Waals surface area contributed by atoms with Crippen LogP contribution in [0, 0.1) is 0 Å². The van der Waals surface area contributed by atoms with Crippen molar-refractivity contribution >= 4 is 0 Å². The molecule has 2 heteroatoms. The maximum absolute atomic E-state index is 5.64. The van der Waals surface area contributed by atoms with E-state index in [1.165, 1.54) is 5.56 Å². The molecular formula is C10H13NO. The first kappa shape index (κ1) is 7.62. The maximum Gasteiger partial charge on any atom is 0.123 e. The lowest BCUT2D eigenvalue weighted by Crippen LogP contribution is -2.26. The summed E-state index contributed by atoms with van der Waals surface area (Å²) in [7, 11) is 0. The van der Waals surface area contributed by atoms with Crippen LogP contribution in [0.5, 0.6) is 5.75 Å². The number of rotatable bonds is 1. The topological polar surface area (TPSA) is 35.2 Å². The molecule has 1 aromatic carbocycles. The molecule has 1 aliphatic rings. The van der Waals surface area contributed by atoms with Gasteiger partial charge in [0.15, 0.2) is 0 Å². The quantitative estimate of drug-likeness (QED) is 0.681. The Bertz CT molecular complexity index is 285. The van der Waals surface area contributed by atoms with E-state index in [0.717, 1.165) is 5.75 Å². The van der Waals surface area contributed by atoms with Crippen LogP contribution in [0.25, 0.3) is 0 Å². The summed E-state index contributed by atoms with van der Waals surface area (Å²) in [6.07, 6.45) is 0.169. The Morgan fingerprint density at radius 3 is 2.83 bits per heavy atom. The molecule has 0 spiro atoms. The lowest BCUT2D eigenvalue weighted by Gasteiger charge is -2.11. The van der Waals surface area contributed by atoms with E-state index >= 15 is 0 Å². The van der Waals surface area contributed by atoms with Gasteiger partial charge in [0, 0.05) is 18.0 Å². The second kappa shape index (κ2) is 2.79. The van der Waals surface area contributed by atoms with Crippen molar-refractivity contribution in [1.82, 2.24) is 0 Å². The molecule has 0 unspecified atom stereocenters. The normalized spacial score (nSPS) is 26.5. The van der Waals surface area contributed by atoms with Gasteiger partial charge in [-0.15, -0.1) is 0 Å². The highest BCUT2D eigenvalue weighted by molar-refractivity contribution is 5.40. The minimum Gasteiger partial charge on any atom is -0.488 e. The number of hydrogen-bond acceptors (Lipinski definition) is 2. The summed E-state index contributed by atoms with van der Waals surface area (Å²) >= 11 is 0. The largest absolute Gasteiger partial charge is 0.488 e. The Morgan fingerprint density at radius 1 is 1.42 bits per heavy atom. The molecule has 2 rings (SSSR count). The highest BCUT2D eigenvalue weighted by atomic mass is 16.5. The fourth-order valence-corrected chi connectivity index (χ4v) is 1.68. The minimum absolute atomic E-state index is 0.169. The molecule has 1 heterocycles. The van der Waals surface area contributed by atoms with E-state index in [1.807, 2.05) is 18.2 Å². The Balaban J connectivity index is 2.35. The predicted molar refractivity (Wildman–Crippen MR) is 48.3 cm³/mol. The lowest BCUT2D eigenvalue weighted by molar-refractivity contribution is 0.219. The summed E-state index contributed by atoms with van der Waals surface area (Å²) in [5, 5.41) is 0. The van der Waals surface area contributed by atoms with Gasteiger partial charge in [-0.25, -0.2) is 0 Å². The summed E-state index contributed by atoms with van der Waals surface area (Å²) in [4.78, 5) is 0. The van der Waals surface area contributed by atoms with Crippen molar-refractivity contribution in [2.24, 2.45) is 5.73 Å². The van der Waals surface area contributed by atoms with Crippen LogP contribution < -0.4 is 10.5 Å².